The molecule has 8 heteroatoms. The van der Waals surface area contributed by atoms with Crippen molar-refractivity contribution in [1.29, 1.82) is 0 Å². The summed E-state index contributed by atoms with van der Waals surface area (Å²) in [4.78, 5) is 29.2. The molecule has 3 rings (SSSR count). The summed E-state index contributed by atoms with van der Waals surface area (Å²) >= 11 is 0. The van der Waals surface area contributed by atoms with Gasteiger partial charge in [0.1, 0.15) is 17.2 Å². The molecule has 0 radical (unpaired) electrons. The van der Waals surface area contributed by atoms with E-state index in [1.165, 1.54) is 16.9 Å². The van der Waals surface area contributed by atoms with Crippen molar-refractivity contribution in [2.45, 2.75) is 19.9 Å². The molecule has 7 nitrogen and oxygen atoms in total. The topological polar surface area (TPSA) is 92.7 Å². The largest absolute Gasteiger partial charge is 0.344 e. The number of benzene rings is 1. The van der Waals surface area contributed by atoms with Crippen LogP contribution in [0.15, 0.2) is 47.8 Å². The molecule has 3 aromatic rings. The zero-order valence-electron chi connectivity index (χ0n) is 13.7. The number of carbonyl (C=O) groups excluding carboxylic acids is 1. The maximum absolute atomic E-state index is 14.4. The fourth-order valence-electron chi connectivity index (χ4n) is 2.34. The summed E-state index contributed by atoms with van der Waals surface area (Å²) in [5, 5.41) is 6.80. The number of halogens is 1. The summed E-state index contributed by atoms with van der Waals surface area (Å²) in [6.45, 7) is 3.61. The molecule has 0 aliphatic carbocycles. The second-order valence-electron chi connectivity index (χ2n) is 5.66. The number of nitrogens with one attached hydrogen (secondary N) is 2. The Morgan fingerprint density at radius 3 is 2.76 bits per heavy atom. The molecule has 0 saturated heterocycles. The second kappa shape index (κ2) is 6.68. The van der Waals surface area contributed by atoms with E-state index in [0.29, 0.717) is 11.3 Å². The van der Waals surface area contributed by atoms with Crippen molar-refractivity contribution < 1.29 is 9.18 Å². The van der Waals surface area contributed by atoms with Crippen LogP contribution in [0.3, 0.4) is 0 Å². The van der Waals surface area contributed by atoms with Gasteiger partial charge in [0.25, 0.3) is 11.5 Å². The van der Waals surface area contributed by atoms with Gasteiger partial charge in [-0.25, -0.2) is 14.1 Å². The standard InChI is InChI=1S/C17H16FN5O2/c1-10-6-21-23(9-10)15-4-3-12(5-13(15)18)11(2)22-17(25)14-7-20-16(24)8-19-14/h3-9,11H,1-2H3,(H,20,24)(H,22,25). The van der Waals surface area contributed by atoms with E-state index < -0.39 is 23.3 Å². The van der Waals surface area contributed by atoms with Crippen LogP contribution in [0.25, 0.3) is 5.69 Å². The lowest BCUT2D eigenvalue weighted by Crippen LogP contribution is -2.28. The lowest BCUT2D eigenvalue weighted by Gasteiger charge is -2.15. The van der Waals surface area contributed by atoms with E-state index in [2.05, 4.69) is 20.4 Å². The van der Waals surface area contributed by atoms with Crippen LogP contribution < -0.4 is 10.9 Å². The van der Waals surface area contributed by atoms with E-state index in [1.807, 2.05) is 6.92 Å². The van der Waals surface area contributed by atoms with Gasteiger partial charge in [0.15, 0.2) is 0 Å². The summed E-state index contributed by atoms with van der Waals surface area (Å²) in [5.74, 6) is -0.903. The lowest BCUT2D eigenvalue weighted by atomic mass is 10.1. The van der Waals surface area contributed by atoms with Crippen LogP contribution in [0.1, 0.15) is 34.6 Å². The number of hydrogen-bond acceptors (Lipinski definition) is 4. The molecule has 0 fully saturated rings. The van der Waals surface area contributed by atoms with Crippen LogP contribution in [0.4, 0.5) is 4.39 Å². The van der Waals surface area contributed by atoms with Gasteiger partial charge in [-0.2, -0.15) is 5.10 Å². The van der Waals surface area contributed by atoms with Crippen molar-refractivity contribution in [2.75, 3.05) is 0 Å². The maximum atomic E-state index is 14.4. The molecule has 0 aliphatic rings. The third-order valence-electron chi connectivity index (χ3n) is 3.68. The van der Waals surface area contributed by atoms with Gasteiger partial charge in [-0.15, -0.1) is 0 Å². The van der Waals surface area contributed by atoms with Crippen molar-refractivity contribution in [2.24, 2.45) is 0 Å². The van der Waals surface area contributed by atoms with Crippen molar-refractivity contribution >= 4 is 5.91 Å². The number of aryl methyl sites for hydroxylation is 1. The van der Waals surface area contributed by atoms with Crippen LogP contribution in [0, 0.1) is 12.7 Å². The normalized spacial score (nSPS) is 12.0. The van der Waals surface area contributed by atoms with E-state index in [0.717, 1.165) is 11.8 Å². The Hall–Kier alpha value is -3.29. The predicted molar refractivity (Wildman–Crippen MR) is 89.0 cm³/mol. The first-order chi connectivity index (χ1) is 11.9. The number of aromatic nitrogens is 4. The van der Waals surface area contributed by atoms with Crippen molar-refractivity contribution in [3.63, 3.8) is 0 Å². The lowest BCUT2D eigenvalue weighted by molar-refractivity contribution is 0.0934. The molecule has 0 saturated carbocycles. The zero-order chi connectivity index (χ0) is 18.0. The molecule has 1 amide bonds. The highest BCUT2D eigenvalue weighted by atomic mass is 19.1. The molecule has 0 aliphatic heterocycles. The fourth-order valence-corrected chi connectivity index (χ4v) is 2.34. The average molecular weight is 341 g/mol. The minimum Gasteiger partial charge on any atom is -0.344 e. The van der Waals surface area contributed by atoms with Gasteiger partial charge in [-0.1, -0.05) is 6.07 Å². The van der Waals surface area contributed by atoms with Crippen molar-refractivity contribution in [3.8, 4) is 5.69 Å². The Bertz CT molecular complexity index is 959. The third kappa shape index (κ3) is 3.63. The van der Waals surface area contributed by atoms with Crippen LogP contribution >= 0.6 is 0 Å². The van der Waals surface area contributed by atoms with Gasteiger partial charge in [-0.3, -0.25) is 9.59 Å². The molecule has 2 aromatic heterocycles. The molecule has 25 heavy (non-hydrogen) atoms. The quantitative estimate of drug-likeness (QED) is 0.758. The smallest absolute Gasteiger partial charge is 0.271 e. The first-order valence-electron chi connectivity index (χ1n) is 7.61. The van der Waals surface area contributed by atoms with Gasteiger partial charge >= 0.3 is 0 Å². The summed E-state index contributed by atoms with van der Waals surface area (Å²) in [6.07, 6.45) is 5.63. The minimum atomic E-state index is -0.462. The first kappa shape index (κ1) is 16.6. The average Bonchev–Trinajstić information content (AvgIpc) is 3.01. The second-order valence-corrected chi connectivity index (χ2v) is 5.66. The fraction of sp³-hybridized carbons (Fsp3) is 0.176. The van der Waals surface area contributed by atoms with Gasteiger partial charge in [-0.05, 0) is 37.1 Å². The van der Waals surface area contributed by atoms with E-state index >= 15 is 0 Å². The molecule has 1 atom stereocenters. The molecular weight excluding hydrogens is 325 g/mol. The molecule has 0 bridgehead atoms. The highest BCUT2D eigenvalue weighted by Crippen LogP contribution is 2.20. The first-order valence-corrected chi connectivity index (χ1v) is 7.61. The van der Waals surface area contributed by atoms with E-state index in [4.69, 9.17) is 0 Å². The van der Waals surface area contributed by atoms with E-state index in [1.54, 1.807) is 31.5 Å². The molecule has 1 aromatic carbocycles. The number of rotatable bonds is 4. The SMILES string of the molecule is Cc1cnn(-c2ccc(C(C)NC(=O)c3c[nH]c(=O)cn3)cc2F)c1. The Balaban J connectivity index is 1.77. The van der Waals surface area contributed by atoms with E-state index in [9.17, 15) is 14.0 Å². The molecule has 128 valence electrons. The molecular formula is C17H16FN5O2. The van der Waals surface area contributed by atoms with Crippen LogP contribution in [-0.2, 0) is 0 Å². The number of aromatic amines is 1. The molecule has 1 unspecified atom stereocenters. The molecule has 2 N–H and O–H groups in total. The zero-order valence-corrected chi connectivity index (χ0v) is 13.7. The van der Waals surface area contributed by atoms with E-state index in [-0.39, 0.29) is 5.69 Å². The number of H-pyrrole nitrogens is 1. The molecule has 0 spiro atoms. The van der Waals surface area contributed by atoms with Gasteiger partial charge < -0.3 is 10.3 Å². The summed E-state index contributed by atoms with van der Waals surface area (Å²) < 4.78 is 15.8. The summed E-state index contributed by atoms with van der Waals surface area (Å²) in [6, 6.07) is 4.25. The highest BCUT2D eigenvalue weighted by Gasteiger charge is 2.15. The summed E-state index contributed by atoms with van der Waals surface area (Å²) in [7, 11) is 0. The Morgan fingerprint density at radius 2 is 2.16 bits per heavy atom. The van der Waals surface area contributed by atoms with Crippen molar-refractivity contribution in [3.05, 3.63) is 76.0 Å². The number of carbonyl (C=O) groups is 1. The van der Waals surface area contributed by atoms with Gasteiger partial charge in [0.2, 0.25) is 0 Å². The van der Waals surface area contributed by atoms with Crippen LogP contribution in [0.5, 0.6) is 0 Å². The van der Waals surface area contributed by atoms with Crippen LogP contribution in [0.2, 0.25) is 0 Å². The van der Waals surface area contributed by atoms with Crippen LogP contribution in [-0.4, -0.2) is 25.7 Å². The Labute approximate surface area is 142 Å². The maximum Gasteiger partial charge on any atom is 0.271 e. The number of nitrogens with zero attached hydrogens (tertiary/aromatic N) is 3. The van der Waals surface area contributed by atoms with Gasteiger partial charge in [0, 0.05) is 12.4 Å². The Kier molecular flexibility index (Phi) is 4.42. The molecule has 2 heterocycles. The number of hydrogen-bond donors (Lipinski definition) is 2. The Morgan fingerprint density at radius 1 is 1.36 bits per heavy atom. The monoisotopic (exact) mass is 341 g/mol. The minimum absolute atomic E-state index is 0.0792. The third-order valence-corrected chi connectivity index (χ3v) is 3.68. The summed E-state index contributed by atoms with van der Waals surface area (Å²) in [5.41, 5.74) is 1.55. The number of amides is 1. The predicted octanol–water partition coefficient (Wildman–Crippen LogP) is 1.89. The highest BCUT2D eigenvalue weighted by molar-refractivity contribution is 5.92. The van der Waals surface area contributed by atoms with Crippen molar-refractivity contribution in [1.82, 2.24) is 25.1 Å². The van der Waals surface area contributed by atoms with Gasteiger partial charge in [0.05, 0.1) is 18.4 Å².